The molecule has 0 aliphatic carbocycles. The quantitative estimate of drug-likeness (QED) is 0.764. The molecular formula is C21H25NO. The lowest BCUT2D eigenvalue weighted by Crippen LogP contribution is -2.66. The number of carbonyl (C=O) groups is 1. The smallest absolute Gasteiger partial charge is 0.171 e. The number of nitrogens with zero attached hydrogens (tertiary/aromatic N) is 1. The summed E-state index contributed by atoms with van der Waals surface area (Å²) in [5.74, 6) is 0.243. The van der Waals surface area contributed by atoms with Crippen LogP contribution in [0.15, 0.2) is 60.7 Å². The number of hydrogen-bond donors (Lipinski definition) is 0. The van der Waals surface area contributed by atoms with Gasteiger partial charge in [0.15, 0.2) is 5.78 Å². The molecule has 120 valence electrons. The topological polar surface area (TPSA) is 20.3 Å². The Kier molecular flexibility index (Phi) is 3.89. The minimum absolute atomic E-state index is 0.0387. The van der Waals surface area contributed by atoms with Crippen molar-refractivity contribution in [3.63, 3.8) is 0 Å². The lowest BCUT2D eigenvalue weighted by atomic mass is 9.64. The van der Waals surface area contributed by atoms with Gasteiger partial charge >= 0.3 is 0 Å². The van der Waals surface area contributed by atoms with E-state index in [1.807, 2.05) is 36.4 Å². The molecule has 2 atom stereocenters. The van der Waals surface area contributed by atoms with Crippen molar-refractivity contribution in [2.45, 2.75) is 39.3 Å². The van der Waals surface area contributed by atoms with Crippen LogP contribution in [0.2, 0.25) is 0 Å². The molecule has 2 heteroatoms. The van der Waals surface area contributed by atoms with Crippen molar-refractivity contribution in [2.75, 3.05) is 6.54 Å². The van der Waals surface area contributed by atoms with Crippen molar-refractivity contribution in [3.8, 4) is 0 Å². The summed E-state index contributed by atoms with van der Waals surface area (Å²) in [5, 5.41) is 0. The first kappa shape index (κ1) is 15.9. The molecule has 0 amide bonds. The summed E-state index contributed by atoms with van der Waals surface area (Å²) in [6.45, 7) is 9.56. The van der Waals surface area contributed by atoms with Crippen molar-refractivity contribution >= 4 is 5.78 Å². The van der Waals surface area contributed by atoms with Gasteiger partial charge in [0.2, 0.25) is 0 Å². The Bertz CT molecular complexity index is 687. The highest BCUT2D eigenvalue weighted by Gasteiger charge is 2.57. The predicted molar refractivity (Wildman–Crippen MR) is 94.5 cm³/mol. The standard InChI is InChI=1S/C21H25NO/c1-20(2,3)22-15-21(4,18(22)16-11-7-5-8-12-16)19(23)17-13-9-6-10-14-17/h5-14,18H,15H2,1-4H3/t18-,21-/m0/s1. The molecule has 1 heterocycles. The highest BCUT2D eigenvalue weighted by molar-refractivity contribution is 6.01. The zero-order valence-electron chi connectivity index (χ0n) is 14.4. The summed E-state index contributed by atoms with van der Waals surface area (Å²) < 4.78 is 0. The second-order valence-electron chi connectivity index (χ2n) is 7.72. The maximum Gasteiger partial charge on any atom is 0.171 e. The molecule has 0 unspecified atom stereocenters. The van der Waals surface area contributed by atoms with Gasteiger partial charge in [-0.15, -0.1) is 0 Å². The average Bonchev–Trinajstić information content (AvgIpc) is 2.52. The summed E-state index contributed by atoms with van der Waals surface area (Å²) in [7, 11) is 0. The van der Waals surface area contributed by atoms with Gasteiger partial charge in [0.1, 0.15) is 0 Å². The third-order valence-corrected chi connectivity index (χ3v) is 4.95. The zero-order valence-corrected chi connectivity index (χ0v) is 14.4. The average molecular weight is 307 g/mol. The molecule has 1 aliphatic rings. The molecule has 0 radical (unpaired) electrons. The fraction of sp³-hybridized carbons (Fsp3) is 0.381. The molecule has 2 nitrogen and oxygen atoms in total. The number of benzene rings is 2. The first-order chi connectivity index (χ1) is 10.8. The summed E-state index contributed by atoms with van der Waals surface area (Å²) >= 11 is 0. The van der Waals surface area contributed by atoms with E-state index in [1.54, 1.807) is 0 Å². The summed E-state index contributed by atoms with van der Waals surface area (Å²) in [4.78, 5) is 15.6. The largest absolute Gasteiger partial charge is 0.293 e. The molecule has 2 aromatic carbocycles. The molecule has 1 saturated heterocycles. The first-order valence-corrected chi connectivity index (χ1v) is 8.25. The van der Waals surface area contributed by atoms with Gasteiger partial charge in [-0.1, -0.05) is 60.7 Å². The van der Waals surface area contributed by atoms with E-state index >= 15 is 0 Å². The van der Waals surface area contributed by atoms with E-state index < -0.39 is 0 Å². The lowest BCUT2D eigenvalue weighted by molar-refractivity contribution is -0.0951. The summed E-state index contributed by atoms with van der Waals surface area (Å²) in [6.07, 6.45) is 0. The van der Waals surface area contributed by atoms with Gasteiger partial charge in [0, 0.05) is 23.7 Å². The van der Waals surface area contributed by atoms with Gasteiger partial charge in [-0.05, 0) is 33.3 Å². The minimum Gasteiger partial charge on any atom is -0.293 e. The Hall–Kier alpha value is -1.93. The zero-order chi connectivity index (χ0) is 16.7. The third-order valence-electron chi connectivity index (χ3n) is 4.95. The van der Waals surface area contributed by atoms with E-state index in [1.165, 1.54) is 5.56 Å². The van der Waals surface area contributed by atoms with E-state index in [2.05, 4.69) is 56.9 Å². The number of rotatable bonds is 3. The molecule has 0 spiro atoms. The molecule has 2 aromatic rings. The summed E-state index contributed by atoms with van der Waals surface area (Å²) in [5.41, 5.74) is 1.69. The monoisotopic (exact) mass is 307 g/mol. The minimum atomic E-state index is -0.379. The second-order valence-corrected chi connectivity index (χ2v) is 7.72. The molecule has 1 aliphatic heterocycles. The number of Topliss-reactive ketones (excluding diaryl/α,β-unsaturated/α-hetero) is 1. The highest BCUT2D eigenvalue weighted by Crippen LogP contribution is 2.53. The van der Waals surface area contributed by atoms with Crippen LogP contribution >= 0.6 is 0 Å². The number of ketones is 1. The van der Waals surface area contributed by atoms with Crippen LogP contribution in [0.3, 0.4) is 0 Å². The SMILES string of the molecule is CC(C)(C)N1C[C@](C)(C(=O)c2ccccc2)[C@@H]1c1ccccc1. The van der Waals surface area contributed by atoms with Crippen molar-refractivity contribution in [1.29, 1.82) is 0 Å². The highest BCUT2D eigenvalue weighted by atomic mass is 16.1. The molecule has 0 bridgehead atoms. The fourth-order valence-corrected chi connectivity index (χ4v) is 3.69. The Morgan fingerprint density at radius 1 is 1.00 bits per heavy atom. The molecular weight excluding hydrogens is 282 g/mol. The van der Waals surface area contributed by atoms with E-state index in [4.69, 9.17) is 0 Å². The van der Waals surface area contributed by atoms with Crippen molar-refractivity contribution in [1.82, 2.24) is 4.90 Å². The van der Waals surface area contributed by atoms with Crippen LogP contribution in [0.1, 0.15) is 49.7 Å². The maximum atomic E-state index is 13.2. The molecule has 0 saturated carbocycles. The van der Waals surface area contributed by atoms with Gasteiger partial charge in [0.25, 0.3) is 0 Å². The van der Waals surface area contributed by atoms with Gasteiger partial charge < -0.3 is 0 Å². The third kappa shape index (κ3) is 2.72. The molecule has 0 N–H and O–H groups in total. The number of carbonyl (C=O) groups excluding carboxylic acids is 1. The van der Waals surface area contributed by atoms with Crippen LogP contribution in [0.4, 0.5) is 0 Å². The van der Waals surface area contributed by atoms with Crippen LogP contribution in [0.25, 0.3) is 0 Å². The Morgan fingerprint density at radius 3 is 2.04 bits per heavy atom. The summed E-state index contributed by atoms with van der Waals surface area (Å²) in [6, 6.07) is 20.2. The van der Waals surface area contributed by atoms with Crippen LogP contribution in [-0.2, 0) is 0 Å². The maximum absolute atomic E-state index is 13.2. The van der Waals surface area contributed by atoms with E-state index in [0.717, 1.165) is 12.1 Å². The molecule has 1 fully saturated rings. The van der Waals surface area contributed by atoms with Gasteiger partial charge in [-0.2, -0.15) is 0 Å². The number of hydrogen-bond acceptors (Lipinski definition) is 2. The molecule has 3 rings (SSSR count). The van der Waals surface area contributed by atoms with Crippen molar-refractivity contribution in [2.24, 2.45) is 5.41 Å². The Morgan fingerprint density at radius 2 is 1.52 bits per heavy atom. The normalized spacial score (nSPS) is 25.0. The van der Waals surface area contributed by atoms with Crippen molar-refractivity contribution < 1.29 is 4.79 Å². The van der Waals surface area contributed by atoms with Gasteiger partial charge in [0.05, 0.1) is 5.41 Å². The van der Waals surface area contributed by atoms with Crippen LogP contribution in [-0.4, -0.2) is 22.8 Å². The second kappa shape index (κ2) is 5.61. The molecule has 0 aromatic heterocycles. The van der Waals surface area contributed by atoms with Crippen LogP contribution in [0.5, 0.6) is 0 Å². The first-order valence-electron chi connectivity index (χ1n) is 8.25. The van der Waals surface area contributed by atoms with E-state index in [9.17, 15) is 4.79 Å². The lowest BCUT2D eigenvalue weighted by Gasteiger charge is -2.60. The Labute approximate surface area is 139 Å². The fourth-order valence-electron chi connectivity index (χ4n) is 3.69. The Balaban J connectivity index is 2.00. The predicted octanol–water partition coefficient (Wildman–Crippen LogP) is 4.73. The van der Waals surface area contributed by atoms with Crippen molar-refractivity contribution in [3.05, 3.63) is 71.8 Å². The van der Waals surface area contributed by atoms with E-state index in [0.29, 0.717) is 0 Å². The van der Waals surface area contributed by atoms with Crippen LogP contribution < -0.4 is 0 Å². The van der Waals surface area contributed by atoms with Gasteiger partial charge in [-0.3, -0.25) is 9.69 Å². The molecule has 23 heavy (non-hydrogen) atoms. The number of likely N-dealkylation sites (tertiary alicyclic amines) is 1. The van der Waals surface area contributed by atoms with E-state index in [-0.39, 0.29) is 22.8 Å². The van der Waals surface area contributed by atoms with Gasteiger partial charge in [-0.25, -0.2) is 0 Å². The van der Waals surface area contributed by atoms with Crippen LogP contribution in [0, 0.1) is 5.41 Å².